The van der Waals surface area contributed by atoms with E-state index in [9.17, 15) is 8.42 Å². The topological polar surface area (TPSA) is 52.6 Å². The zero-order valence-corrected chi connectivity index (χ0v) is 13.4. The fourth-order valence-corrected chi connectivity index (χ4v) is 3.02. The van der Waals surface area contributed by atoms with Crippen LogP contribution in [0.5, 0.6) is 11.5 Å². The number of methoxy groups -OCH3 is 1. The van der Waals surface area contributed by atoms with Crippen LogP contribution < -0.4 is 8.92 Å². The quantitative estimate of drug-likeness (QED) is 0.786. The molecular weight excluding hydrogens is 344 g/mol. The lowest BCUT2D eigenvalue weighted by atomic mass is 10.2. The van der Waals surface area contributed by atoms with Gasteiger partial charge in [0.25, 0.3) is 0 Å². The third kappa shape index (κ3) is 3.32. The Morgan fingerprint density at radius 2 is 1.70 bits per heavy atom. The van der Waals surface area contributed by atoms with Crippen molar-refractivity contribution in [3.05, 3.63) is 52.5 Å². The minimum atomic E-state index is -3.83. The van der Waals surface area contributed by atoms with Gasteiger partial charge in [0.15, 0.2) is 0 Å². The molecule has 0 N–H and O–H groups in total. The van der Waals surface area contributed by atoms with Crippen LogP contribution in [0.4, 0.5) is 0 Å². The van der Waals surface area contributed by atoms with Gasteiger partial charge in [0, 0.05) is 0 Å². The summed E-state index contributed by atoms with van der Waals surface area (Å²) in [6.07, 6.45) is 0. The Morgan fingerprint density at radius 1 is 1.05 bits per heavy atom. The molecule has 20 heavy (non-hydrogen) atoms. The summed E-state index contributed by atoms with van der Waals surface area (Å²) in [5, 5.41) is 0. The first kappa shape index (κ1) is 14.9. The number of aryl methyl sites for hydroxylation is 1. The first-order chi connectivity index (χ1) is 9.42. The van der Waals surface area contributed by atoms with Crippen LogP contribution in [0, 0.1) is 6.92 Å². The van der Waals surface area contributed by atoms with E-state index in [2.05, 4.69) is 15.9 Å². The average Bonchev–Trinajstić information content (AvgIpc) is 2.39. The minimum Gasteiger partial charge on any atom is -0.496 e. The van der Waals surface area contributed by atoms with Crippen molar-refractivity contribution in [1.29, 1.82) is 0 Å². The van der Waals surface area contributed by atoms with Crippen molar-refractivity contribution in [2.45, 2.75) is 11.8 Å². The second-order valence-corrected chi connectivity index (χ2v) is 6.55. The maximum atomic E-state index is 12.1. The highest BCUT2D eigenvalue weighted by atomic mass is 79.9. The smallest absolute Gasteiger partial charge is 0.339 e. The Kier molecular flexibility index (Phi) is 4.35. The molecule has 0 amide bonds. The molecule has 4 nitrogen and oxygen atoms in total. The predicted octanol–water partition coefficient (Wildman–Crippen LogP) is 3.53. The third-order valence-electron chi connectivity index (χ3n) is 2.64. The van der Waals surface area contributed by atoms with E-state index in [0.717, 1.165) is 5.56 Å². The summed E-state index contributed by atoms with van der Waals surface area (Å²) in [6.45, 7) is 1.89. The molecule has 0 aliphatic rings. The lowest BCUT2D eigenvalue weighted by Gasteiger charge is -2.09. The molecule has 0 unspecified atom stereocenters. The predicted molar refractivity (Wildman–Crippen MR) is 79.7 cm³/mol. The number of rotatable bonds is 4. The van der Waals surface area contributed by atoms with Crippen molar-refractivity contribution in [3.63, 3.8) is 0 Å². The van der Waals surface area contributed by atoms with E-state index in [0.29, 0.717) is 10.2 Å². The number of hydrogen-bond donors (Lipinski definition) is 0. The van der Waals surface area contributed by atoms with Gasteiger partial charge in [-0.25, -0.2) is 0 Å². The Hall–Kier alpha value is -1.53. The molecular formula is C14H13BrO4S. The second-order valence-electron chi connectivity index (χ2n) is 4.15. The SMILES string of the molecule is COc1ccc(OS(=O)(=O)c2ccc(C)cc2)cc1Br. The standard InChI is InChI=1S/C14H13BrO4S/c1-10-3-6-12(7-4-10)20(16,17)19-11-5-8-14(18-2)13(15)9-11/h3-9H,1-2H3. The second kappa shape index (κ2) is 5.85. The summed E-state index contributed by atoms with van der Waals surface area (Å²) >= 11 is 3.28. The number of halogens is 1. The first-order valence-electron chi connectivity index (χ1n) is 5.77. The van der Waals surface area contributed by atoms with E-state index in [4.69, 9.17) is 8.92 Å². The molecule has 0 fully saturated rings. The molecule has 2 rings (SSSR count). The van der Waals surface area contributed by atoms with Crippen LogP contribution in [0.2, 0.25) is 0 Å². The Bertz CT molecular complexity index is 708. The zero-order chi connectivity index (χ0) is 14.8. The fourth-order valence-electron chi connectivity index (χ4n) is 1.58. The highest BCUT2D eigenvalue weighted by molar-refractivity contribution is 9.10. The van der Waals surface area contributed by atoms with Gasteiger partial charge < -0.3 is 8.92 Å². The number of benzene rings is 2. The number of ether oxygens (including phenoxy) is 1. The summed E-state index contributed by atoms with van der Waals surface area (Å²) in [5.74, 6) is 0.823. The van der Waals surface area contributed by atoms with Gasteiger partial charge in [-0.1, -0.05) is 17.7 Å². The average molecular weight is 357 g/mol. The lowest BCUT2D eigenvalue weighted by Crippen LogP contribution is -2.09. The van der Waals surface area contributed by atoms with E-state index in [1.807, 2.05) is 6.92 Å². The largest absolute Gasteiger partial charge is 0.496 e. The lowest BCUT2D eigenvalue weighted by molar-refractivity contribution is 0.411. The van der Waals surface area contributed by atoms with Crippen molar-refractivity contribution in [1.82, 2.24) is 0 Å². The van der Waals surface area contributed by atoms with Gasteiger partial charge in [-0.05, 0) is 53.2 Å². The molecule has 0 aliphatic heterocycles. The maximum Gasteiger partial charge on any atom is 0.339 e. The molecule has 2 aromatic carbocycles. The van der Waals surface area contributed by atoms with Crippen molar-refractivity contribution < 1.29 is 17.3 Å². The van der Waals surface area contributed by atoms with Gasteiger partial charge in [-0.2, -0.15) is 8.42 Å². The Balaban J connectivity index is 2.28. The minimum absolute atomic E-state index is 0.120. The summed E-state index contributed by atoms with van der Waals surface area (Å²) in [7, 11) is -2.30. The van der Waals surface area contributed by atoms with Crippen LogP contribution in [0.1, 0.15) is 5.56 Å². The van der Waals surface area contributed by atoms with E-state index < -0.39 is 10.1 Å². The summed E-state index contributed by atoms with van der Waals surface area (Å²) in [5.41, 5.74) is 0.983. The van der Waals surface area contributed by atoms with Crippen molar-refractivity contribution in [2.75, 3.05) is 7.11 Å². The summed E-state index contributed by atoms with van der Waals surface area (Å²) < 4.78 is 35.0. The molecule has 0 radical (unpaired) electrons. The number of hydrogen-bond acceptors (Lipinski definition) is 4. The van der Waals surface area contributed by atoms with Gasteiger partial charge in [0.1, 0.15) is 16.4 Å². The normalized spacial score (nSPS) is 11.2. The molecule has 6 heteroatoms. The van der Waals surface area contributed by atoms with Crippen LogP contribution in [-0.4, -0.2) is 15.5 Å². The monoisotopic (exact) mass is 356 g/mol. The van der Waals surface area contributed by atoms with Crippen molar-refractivity contribution >= 4 is 26.0 Å². The fraction of sp³-hybridized carbons (Fsp3) is 0.143. The van der Waals surface area contributed by atoms with Crippen LogP contribution >= 0.6 is 15.9 Å². The zero-order valence-electron chi connectivity index (χ0n) is 11.0. The van der Waals surface area contributed by atoms with E-state index in [1.165, 1.54) is 25.3 Å². The molecule has 0 saturated carbocycles. The highest BCUT2D eigenvalue weighted by Crippen LogP contribution is 2.30. The van der Waals surface area contributed by atoms with Crippen LogP contribution in [0.3, 0.4) is 0 Å². The van der Waals surface area contributed by atoms with Gasteiger partial charge in [-0.15, -0.1) is 0 Å². The maximum absolute atomic E-state index is 12.1. The van der Waals surface area contributed by atoms with E-state index in [-0.39, 0.29) is 10.6 Å². The van der Waals surface area contributed by atoms with Crippen LogP contribution in [0.25, 0.3) is 0 Å². The molecule has 0 spiro atoms. The molecule has 106 valence electrons. The molecule has 0 heterocycles. The highest BCUT2D eigenvalue weighted by Gasteiger charge is 2.17. The molecule has 0 atom stereocenters. The van der Waals surface area contributed by atoms with Gasteiger partial charge in [-0.3, -0.25) is 0 Å². The Labute approximate surface area is 126 Å². The molecule has 0 aliphatic carbocycles. The van der Waals surface area contributed by atoms with Gasteiger partial charge >= 0.3 is 10.1 Å². The van der Waals surface area contributed by atoms with E-state index >= 15 is 0 Å². The molecule has 0 aromatic heterocycles. The molecule has 0 bridgehead atoms. The van der Waals surface area contributed by atoms with Crippen molar-refractivity contribution in [2.24, 2.45) is 0 Å². The molecule has 0 saturated heterocycles. The van der Waals surface area contributed by atoms with Crippen LogP contribution in [-0.2, 0) is 10.1 Å². The summed E-state index contributed by atoms with van der Waals surface area (Å²) in [4.78, 5) is 0.120. The molecule has 2 aromatic rings. The summed E-state index contributed by atoms with van der Waals surface area (Å²) in [6, 6.07) is 11.2. The van der Waals surface area contributed by atoms with Gasteiger partial charge in [0.05, 0.1) is 11.6 Å². The third-order valence-corrected chi connectivity index (χ3v) is 4.52. The van der Waals surface area contributed by atoms with Gasteiger partial charge in [0.2, 0.25) is 0 Å². The first-order valence-corrected chi connectivity index (χ1v) is 7.97. The van der Waals surface area contributed by atoms with Crippen LogP contribution in [0.15, 0.2) is 51.8 Å². The Morgan fingerprint density at radius 3 is 2.25 bits per heavy atom. The van der Waals surface area contributed by atoms with Crippen molar-refractivity contribution in [3.8, 4) is 11.5 Å². The van der Waals surface area contributed by atoms with E-state index in [1.54, 1.807) is 24.3 Å².